The lowest BCUT2D eigenvalue weighted by molar-refractivity contribution is -0.115. The Morgan fingerprint density at radius 3 is 2.23 bits per heavy atom. The number of anilines is 1. The second-order valence-electron chi connectivity index (χ2n) is 10.2. The van der Waals surface area contributed by atoms with E-state index in [9.17, 15) is 19.2 Å². The summed E-state index contributed by atoms with van der Waals surface area (Å²) in [5, 5.41) is 5.23. The first-order valence-electron chi connectivity index (χ1n) is 12.8. The number of carbonyl (C=O) groups excluding carboxylic acids is 2. The maximum Gasteiger partial charge on any atom is 0.337 e. The molecule has 2 amide bonds. The average Bonchev–Trinajstić information content (AvgIpc) is 2.94. The Morgan fingerprint density at radius 2 is 1.52 bits per heavy atom. The fraction of sp³-hybridized carbons (Fsp3) is 0.226. The van der Waals surface area contributed by atoms with E-state index in [0.717, 1.165) is 10.1 Å². The van der Waals surface area contributed by atoms with Gasteiger partial charge in [0, 0.05) is 17.2 Å². The van der Waals surface area contributed by atoms with Crippen molar-refractivity contribution in [1.82, 2.24) is 14.5 Å². The van der Waals surface area contributed by atoms with Gasteiger partial charge in [-0.2, -0.15) is 0 Å². The van der Waals surface area contributed by atoms with Gasteiger partial charge in [-0.25, -0.2) is 9.36 Å². The summed E-state index contributed by atoms with van der Waals surface area (Å²) in [4.78, 5) is 52.6. The quantitative estimate of drug-likeness (QED) is 0.354. The number of nitrogens with zero attached hydrogens (tertiary/aromatic N) is 2. The van der Waals surface area contributed by atoms with Crippen molar-refractivity contribution in [3.05, 3.63) is 122 Å². The van der Waals surface area contributed by atoms with Gasteiger partial charge in [0.25, 0.3) is 11.5 Å². The van der Waals surface area contributed by atoms with Crippen LogP contribution < -0.4 is 26.6 Å². The molecule has 0 bridgehead atoms. The molecular weight excluding hydrogens is 508 g/mol. The Morgan fingerprint density at radius 1 is 0.875 bits per heavy atom. The van der Waals surface area contributed by atoms with Gasteiger partial charge in [0.15, 0.2) is 0 Å². The van der Waals surface area contributed by atoms with Gasteiger partial charge in [0.05, 0.1) is 25.9 Å². The molecule has 3 aromatic carbocycles. The first-order chi connectivity index (χ1) is 19.1. The fourth-order valence-corrected chi connectivity index (χ4v) is 4.39. The van der Waals surface area contributed by atoms with E-state index >= 15 is 0 Å². The largest absolute Gasteiger partial charge is 0.496 e. The van der Waals surface area contributed by atoms with Crippen LogP contribution >= 0.6 is 0 Å². The minimum atomic E-state index is -0.626. The first kappa shape index (κ1) is 28.1. The van der Waals surface area contributed by atoms with Gasteiger partial charge in [-0.05, 0) is 35.2 Å². The fourth-order valence-electron chi connectivity index (χ4n) is 4.39. The smallest absolute Gasteiger partial charge is 0.337 e. The van der Waals surface area contributed by atoms with Gasteiger partial charge >= 0.3 is 5.69 Å². The molecule has 0 radical (unpaired) electrons. The van der Waals surface area contributed by atoms with Crippen LogP contribution in [0.3, 0.4) is 0 Å². The monoisotopic (exact) mass is 540 g/mol. The van der Waals surface area contributed by atoms with Crippen LogP contribution in [-0.2, 0) is 16.8 Å². The molecule has 0 aliphatic carbocycles. The van der Waals surface area contributed by atoms with E-state index in [4.69, 9.17) is 4.74 Å². The van der Waals surface area contributed by atoms with Gasteiger partial charge in [0.2, 0.25) is 5.91 Å². The SMILES string of the molecule is COc1ccccc1Cn1c(=O)cc(NC(=O)CNC(=O)c2ccccc2)n(-c2ccccc2C(C)(C)C)c1=O. The van der Waals surface area contributed by atoms with Gasteiger partial charge in [0.1, 0.15) is 11.6 Å². The van der Waals surface area contributed by atoms with Gasteiger partial charge in [-0.1, -0.05) is 75.4 Å². The van der Waals surface area contributed by atoms with Crippen LogP contribution in [0.1, 0.15) is 42.3 Å². The summed E-state index contributed by atoms with van der Waals surface area (Å²) >= 11 is 0. The molecule has 1 heterocycles. The van der Waals surface area contributed by atoms with Crippen molar-refractivity contribution in [1.29, 1.82) is 0 Å². The molecule has 0 aliphatic heterocycles. The van der Waals surface area contributed by atoms with E-state index in [1.807, 2.05) is 32.9 Å². The second kappa shape index (κ2) is 11.9. The number of methoxy groups -OCH3 is 1. The first-order valence-corrected chi connectivity index (χ1v) is 12.8. The summed E-state index contributed by atoms with van der Waals surface area (Å²) in [6.07, 6.45) is 0. The summed E-state index contributed by atoms with van der Waals surface area (Å²) in [6.45, 7) is 5.66. The predicted molar refractivity (Wildman–Crippen MR) is 154 cm³/mol. The Balaban J connectivity index is 1.76. The Kier molecular flexibility index (Phi) is 8.33. The number of hydrogen-bond acceptors (Lipinski definition) is 5. The molecule has 4 aromatic rings. The van der Waals surface area contributed by atoms with Crippen molar-refractivity contribution in [3.8, 4) is 11.4 Å². The van der Waals surface area contributed by atoms with Crippen LogP contribution in [-0.4, -0.2) is 34.6 Å². The minimum Gasteiger partial charge on any atom is -0.496 e. The summed E-state index contributed by atoms with van der Waals surface area (Å²) in [7, 11) is 1.52. The lowest BCUT2D eigenvalue weighted by Gasteiger charge is -2.25. The van der Waals surface area contributed by atoms with E-state index in [1.165, 1.54) is 17.7 Å². The van der Waals surface area contributed by atoms with Crippen molar-refractivity contribution in [2.24, 2.45) is 0 Å². The molecule has 40 heavy (non-hydrogen) atoms. The number of nitrogens with one attached hydrogen (secondary N) is 2. The number of aromatic nitrogens is 2. The summed E-state index contributed by atoms with van der Waals surface area (Å²) in [5.41, 5.74) is 0.850. The highest BCUT2D eigenvalue weighted by molar-refractivity contribution is 5.99. The van der Waals surface area contributed by atoms with E-state index in [0.29, 0.717) is 22.6 Å². The third kappa shape index (κ3) is 6.20. The summed E-state index contributed by atoms with van der Waals surface area (Å²) in [5.74, 6) is -0.463. The summed E-state index contributed by atoms with van der Waals surface area (Å²) in [6, 6.07) is 24.2. The van der Waals surface area contributed by atoms with E-state index in [2.05, 4.69) is 10.6 Å². The number of benzene rings is 3. The van der Waals surface area contributed by atoms with E-state index in [-0.39, 0.29) is 24.3 Å². The molecule has 2 N–H and O–H groups in total. The average molecular weight is 541 g/mol. The van der Waals surface area contributed by atoms with Crippen LogP contribution in [0, 0.1) is 0 Å². The molecule has 4 rings (SSSR count). The number of amides is 2. The molecule has 9 nitrogen and oxygen atoms in total. The Hall–Kier alpha value is -4.92. The molecule has 1 aromatic heterocycles. The predicted octanol–water partition coefficient (Wildman–Crippen LogP) is 3.72. The van der Waals surface area contributed by atoms with Gasteiger partial charge in [-0.15, -0.1) is 0 Å². The highest BCUT2D eigenvalue weighted by Gasteiger charge is 2.23. The van der Waals surface area contributed by atoms with Crippen LogP contribution in [0.2, 0.25) is 0 Å². The van der Waals surface area contributed by atoms with Crippen molar-refractivity contribution >= 4 is 17.6 Å². The molecule has 0 unspecified atom stereocenters. The maximum atomic E-state index is 14.0. The van der Waals surface area contributed by atoms with Crippen molar-refractivity contribution in [3.63, 3.8) is 0 Å². The molecule has 0 spiro atoms. The van der Waals surface area contributed by atoms with E-state index < -0.39 is 23.1 Å². The van der Waals surface area contributed by atoms with Crippen LogP contribution in [0.15, 0.2) is 94.5 Å². The normalized spacial score (nSPS) is 11.1. The Labute approximate surface area is 232 Å². The lowest BCUT2D eigenvalue weighted by atomic mass is 9.85. The highest BCUT2D eigenvalue weighted by atomic mass is 16.5. The molecule has 0 fully saturated rings. The number of hydrogen-bond donors (Lipinski definition) is 2. The third-order valence-corrected chi connectivity index (χ3v) is 6.38. The second-order valence-corrected chi connectivity index (χ2v) is 10.2. The third-order valence-electron chi connectivity index (χ3n) is 6.38. The molecule has 0 aliphatic rings. The van der Waals surface area contributed by atoms with Crippen molar-refractivity contribution < 1.29 is 14.3 Å². The highest BCUT2D eigenvalue weighted by Crippen LogP contribution is 2.29. The minimum absolute atomic E-state index is 0.00179. The summed E-state index contributed by atoms with van der Waals surface area (Å²) < 4.78 is 7.84. The lowest BCUT2D eigenvalue weighted by Crippen LogP contribution is -2.42. The molecular formula is C31H32N4O5. The van der Waals surface area contributed by atoms with Crippen LogP contribution in [0.5, 0.6) is 5.75 Å². The molecule has 0 saturated heterocycles. The van der Waals surface area contributed by atoms with Gasteiger partial charge in [-0.3, -0.25) is 19.0 Å². The van der Waals surface area contributed by atoms with Crippen LogP contribution in [0.25, 0.3) is 5.69 Å². The maximum absolute atomic E-state index is 14.0. The zero-order valence-electron chi connectivity index (χ0n) is 22.9. The molecule has 0 saturated carbocycles. The number of para-hydroxylation sites is 2. The standard InChI is InChI=1S/C31H32N4O5/c1-31(2,3)23-15-9-10-16-24(23)35-26(33-27(36)19-32-29(38)21-12-6-5-7-13-21)18-28(37)34(30(35)39)20-22-14-8-11-17-25(22)40-4/h5-18H,19-20H2,1-4H3,(H,32,38)(H,33,36). The van der Waals surface area contributed by atoms with Gasteiger partial charge < -0.3 is 15.4 Å². The number of ether oxygens (including phenoxy) is 1. The molecule has 9 heteroatoms. The molecule has 0 atom stereocenters. The van der Waals surface area contributed by atoms with Crippen molar-refractivity contribution in [2.75, 3.05) is 19.0 Å². The zero-order chi connectivity index (χ0) is 28.9. The Bertz CT molecular complexity index is 1650. The molecule has 206 valence electrons. The topological polar surface area (TPSA) is 111 Å². The number of rotatable bonds is 8. The van der Waals surface area contributed by atoms with Crippen LogP contribution in [0.4, 0.5) is 5.82 Å². The number of carbonyl (C=O) groups is 2. The zero-order valence-corrected chi connectivity index (χ0v) is 22.9. The van der Waals surface area contributed by atoms with E-state index in [1.54, 1.807) is 66.7 Å². The van der Waals surface area contributed by atoms with Crippen molar-refractivity contribution in [2.45, 2.75) is 32.7 Å².